The van der Waals surface area contributed by atoms with Crippen molar-refractivity contribution < 1.29 is 9.90 Å². The zero-order valence-electron chi connectivity index (χ0n) is 5.78. The Morgan fingerprint density at radius 2 is 2.09 bits per heavy atom. The molecule has 0 unspecified atom stereocenters. The van der Waals surface area contributed by atoms with Gasteiger partial charge in [-0.05, 0) is 11.6 Å². The van der Waals surface area contributed by atoms with Gasteiger partial charge in [0.1, 0.15) is 0 Å². The van der Waals surface area contributed by atoms with Gasteiger partial charge in [-0.3, -0.25) is 0 Å². The van der Waals surface area contributed by atoms with Gasteiger partial charge < -0.3 is 5.11 Å². The van der Waals surface area contributed by atoms with E-state index in [4.69, 9.17) is 17.7 Å². The third kappa shape index (κ3) is 1.74. The van der Waals surface area contributed by atoms with Gasteiger partial charge in [-0.2, -0.15) is 0 Å². The maximum Gasteiger partial charge on any atom is 0.335 e. The smallest absolute Gasteiger partial charge is 0.335 e. The predicted molar refractivity (Wildman–Crippen MR) is 44.7 cm³/mol. The second kappa shape index (κ2) is 3.44. The minimum atomic E-state index is -0.912. The van der Waals surface area contributed by atoms with E-state index in [9.17, 15) is 4.79 Å². The molecule has 0 atom stereocenters. The predicted octanol–water partition coefficient (Wildman–Crippen LogP) is 2.08. The first kappa shape index (κ1) is 8.14. The lowest BCUT2D eigenvalue weighted by Crippen LogP contribution is -1.99. The van der Waals surface area contributed by atoms with Crippen LogP contribution in [-0.2, 0) is 5.75 Å². The van der Waals surface area contributed by atoms with E-state index in [0.717, 1.165) is 0 Å². The van der Waals surface area contributed by atoms with Crippen LogP contribution in [0.3, 0.4) is 0 Å². The molecule has 0 bridgehead atoms. The zero-order chi connectivity index (χ0) is 8.27. The highest BCUT2D eigenvalue weighted by atomic mass is 32.1. The van der Waals surface area contributed by atoms with Gasteiger partial charge >= 0.3 is 5.97 Å². The lowest BCUT2D eigenvalue weighted by molar-refractivity contribution is 0.0696. The van der Waals surface area contributed by atoms with Crippen molar-refractivity contribution in [2.45, 2.75) is 5.75 Å². The summed E-state index contributed by atoms with van der Waals surface area (Å²) in [7, 11) is 0. The fourth-order valence-electron chi connectivity index (χ4n) is 0.855. The summed E-state index contributed by atoms with van der Waals surface area (Å²) >= 11 is 4.76. The Balaban J connectivity index is 3.12. The number of hydrogen-bond donors (Lipinski definition) is 1. The zero-order valence-corrected chi connectivity index (χ0v) is 6.60. The quantitative estimate of drug-likeness (QED) is 0.732. The van der Waals surface area contributed by atoms with Gasteiger partial charge in [0.05, 0.1) is 5.56 Å². The SMILES string of the molecule is O=C(O)c1ccccc1C[S]. The fourth-order valence-corrected chi connectivity index (χ4v) is 1.11. The molecule has 1 radical (unpaired) electrons. The summed E-state index contributed by atoms with van der Waals surface area (Å²) in [5.41, 5.74) is 1.01. The summed E-state index contributed by atoms with van der Waals surface area (Å²) in [5, 5.41) is 8.65. The molecule has 0 aliphatic carbocycles. The van der Waals surface area contributed by atoms with Gasteiger partial charge in [-0.15, -0.1) is 0 Å². The Morgan fingerprint density at radius 3 is 2.55 bits per heavy atom. The summed E-state index contributed by atoms with van der Waals surface area (Å²) in [5.74, 6) is -0.562. The number of benzene rings is 1. The van der Waals surface area contributed by atoms with Crippen LogP contribution >= 0.6 is 12.6 Å². The first-order chi connectivity index (χ1) is 5.25. The largest absolute Gasteiger partial charge is 0.478 e. The Labute approximate surface area is 70.3 Å². The van der Waals surface area contributed by atoms with Gasteiger partial charge in [-0.25, -0.2) is 4.79 Å². The number of rotatable bonds is 2. The van der Waals surface area contributed by atoms with Gasteiger partial charge in [0.25, 0.3) is 0 Å². The highest BCUT2D eigenvalue weighted by Gasteiger charge is 2.06. The number of carboxylic acids is 1. The number of aromatic carboxylic acids is 1. The summed E-state index contributed by atoms with van der Waals surface area (Å²) in [4.78, 5) is 10.5. The highest BCUT2D eigenvalue weighted by molar-refractivity contribution is 7.79. The molecular weight excluding hydrogens is 160 g/mol. The van der Waals surface area contributed by atoms with Crippen LogP contribution in [0.5, 0.6) is 0 Å². The van der Waals surface area contributed by atoms with Crippen LogP contribution in [0.4, 0.5) is 0 Å². The second-order valence-corrected chi connectivity index (χ2v) is 2.40. The summed E-state index contributed by atoms with van der Waals surface area (Å²) < 4.78 is 0. The van der Waals surface area contributed by atoms with E-state index >= 15 is 0 Å². The molecule has 1 rings (SSSR count). The van der Waals surface area contributed by atoms with E-state index in [-0.39, 0.29) is 0 Å². The van der Waals surface area contributed by atoms with Crippen LogP contribution in [0.15, 0.2) is 24.3 Å². The van der Waals surface area contributed by atoms with Crippen LogP contribution < -0.4 is 0 Å². The van der Waals surface area contributed by atoms with E-state index < -0.39 is 5.97 Å². The van der Waals surface area contributed by atoms with Crippen molar-refractivity contribution in [2.24, 2.45) is 0 Å². The van der Waals surface area contributed by atoms with Crippen molar-refractivity contribution in [3.8, 4) is 0 Å². The molecule has 0 heterocycles. The molecule has 2 nitrogen and oxygen atoms in total. The van der Waals surface area contributed by atoms with E-state index in [0.29, 0.717) is 16.9 Å². The van der Waals surface area contributed by atoms with Crippen molar-refractivity contribution in [1.29, 1.82) is 0 Å². The van der Waals surface area contributed by atoms with Gasteiger partial charge in [0, 0.05) is 5.75 Å². The molecule has 0 spiro atoms. The van der Waals surface area contributed by atoms with Crippen molar-refractivity contribution in [1.82, 2.24) is 0 Å². The van der Waals surface area contributed by atoms with E-state index in [1.807, 2.05) is 0 Å². The molecule has 0 saturated heterocycles. The van der Waals surface area contributed by atoms with Crippen LogP contribution in [0.1, 0.15) is 15.9 Å². The maximum absolute atomic E-state index is 10.5. The monoisotopic (exact) mass is 167 g/mol. The molecule has 1 N–H and O–H groups in total. The lowest BCUT2D eigenvalue weighted by atomic mass is 10.1. The number of carboxylic acid groups (broad SMARTS) is 1. The molecule has 1 aromatic rings. The molecule has 57 valence electrons. The molecule has 0 aliphatic heterocycles. The Kier molecular flexibility index (Phi) is 2.54. The average molecular weight is 167 g/mol. The van der Waals surface area contributed by atoms with Crippen LogP contribution in [-0.4, -0.2) is 11.1 Å². The Hall–Kier alpha value is -0.960. The molecule has 0 fully saturated rings. The standard InChI is InChI=1S/C8H7O2S/c9-8(10)7-4-2-1-3-6(7)5-11/h1-4H,5H2,(H,9,10). The van der Waals surface area contributed by atoms with Gasteiger partial charge in [0.2, 0.25) is 0 Å². The average Bonchev–Trinajstić information content (AvgIpc) is 2.04. The molecule has 11 heavy (non-hydrogen) atoms. The number of hydrogen-bond acceptors (Lipinski definition) is 1. The van der Waals surface area contributed by atoms with E-state index in [1.54, 1.807) is 24.3 Å². The molecule has 0 saturated carbocycles. The summed E-state index contributed by atoms with van der Waals surface area (Å²) in [6.45, 7) is 0. The third-order valence-corrected chi connectivity index (χ3v) is 1.71. The molecular formula is C8H7O2S. The molecule has 3 heteroatoms. The molecule has 0 amide bonds. The van der Waals surface area contributed by atoms with Gasteiger partial charge in [0.15, 0.2) is 0 Å². The minimum absolute atomic E-state index is 0.308. The lowest BCUT2D eigenvalue weighted by Gasteiger charge is -1.99. The highest BCUT2D eigenvalue weighted by Crippen LogP contribution is 2.10. The maximum atomic E-state index is 10.5. The minimum Gasteiger partial charge on any atom is -0.478 e. The van der Waals surface area contributed by atoms with Crippen LogP contribution in [0.25, 0.3) is 0 Å². The normalized spacial score (nSPS) is 9.55. The summed E-state index contributed by atoms with van der Waals surface area (Å²) in [6.07, 6.45) is 0. The summed E-state index contributed by atoms with van der Waals surface area (Å²) in [6, 6.07) is 6.77. The molecule has 1 aromatic carbocycles. The van der Waals surface area contributed by atoms with Crippen molar-refractivity contribution in [3.63, 3.8) is 0 Å². The van der Waals surface area contributed by atoms with Gasteiger partial charge in [-0.1, -0.05) is 30.8 Å². The van der Waals surface area contributed by atoms with Crippen molar-refractivity contribution in [2.75, 3.05) is 0 Å². The Morgan fingerprint density at radius 1 is 1.45 bits per heavy atom. The number of carbonyl (C=O) groups is 1. The first-order valence-electron chi connectivity index (χ1n) is 3.15. The topological polar surface area (TPSA) is 37.3 Å². The van der Waals surface area contributed by atoms with E-state index in [2.05, 4.69) is 0 Å². The van der Waals surface area contributed by atoms with E-state index in [1.165, 1.54) is 0 Å². The first-order valence-corrected chi connectivity index (χ1v) is 3.72. The van der Waals surface area contributed by atoms with Crippen LogP contribution in [0.2, 0.25) is 0 Å². The van der Waals surface area contributed by atoms with Crippen molar-refractivity contribution in [3.05, 3.63) is 35.4 Å². The second-order valence-electron chi connectivity index (χ2n) is 2.11. The van der Waals surface area contributed by atoms with Crippen molar-refractivity contribution >= 4 is 18.6 Å². The molecule has 0 aliphatic rings. The molecule has 0 aromatic heterocycles. The third-order valence-electron chi connectivity index (χ3n) is 1.40. The Bertz CT molecular complexity index is 271. The van der Waals surface area contributed by atoms with Crippen LogP contribution in [0, 0.1) is 0 Å². The fraction of sp³-hybridized carbons (Fsp3) is 0.125.